The molecule has 1 aliphatic rings. The zero-order valence-electron chi connectivity index (χ0n) is 20.3. The molecule has 0 spiro atoms. The van der Waals surface area contributed by atoms with Crippen LogP contribution in [0.5, 0.6) is 0 Å². The van der Waals surface area contributed by atoms with E-state index in [1.807, 2.05) is 89.5 Å². The number of para-hydroxylation sites is 1. The van der Waals surface area contributed by atoms with Crippen molar-refractivity contribution in [3.8, 4) is 11.1 Å². The van der Waals surface area contributed by atoms with E-state index in [2.05, 4.69) is 24.0 Å². The van der Waals surface area contributed by atoms with E-state index >= 15 is 0 Å². The number of rotatable bonds is 6. The maximum atomic E-state index is 13.6. The van der Waals surface area contributed by atoms with Gasteiger partial charge in [0, 0.05) is 33.5 Å². The molecule has 37 heavy (non-hydrogen) atoms. The molecular weight excluding hydrogens is 496 g/mol. The monoisotopic (exact) mass is 524 g/mol. The van der Waals surface area contributed by atoms with Crippen LogP contribution in [0.4, 0.5) is 11.4 Å². The quantitative estimate of drug-likeness (QED) is 0.258. The van der Waals surface area contributed by atoms with Crippen molar-refractivity contribution in [2.24, 2.45) is 0 Å². The number of nitrogens with one attached hydrogen (secondary N) is 1. The van der Waals surface area contributed by atoms with Crippen LogP contribution in [0, 0.1) is 0 Å². The lowest BCUT2D eigenvalue weighted by molar-refractivity contribution is 0.0985. The minimum atomic E-state index is -0.188. The minimum absolute atomic E-state index is 0.0353. The summed E-state index contributed by atoms with van der Waals surface area (Å²) in [6.07, 6.45) is 1.92. The SMILES string of the molecule is O=C(Nc1ccc(C(=O)N2CCC(CCS)Sc3ccccc32)cc1)c1ccccc1-c1ccccc1. The van der Waals surface area contributed by atoms with Crippen LogP contribution in [-0.2, 0) is 0 Å². The van der Waals surface area contributed by atoms with Crippen molar-refractivity contribution in [1.82, 2.24) is 0 Å². The first-order valence-electron chi connectivity index (χ1n) is 12.4. The lowest BCUT2D eigenvalue weighted by Crippen LogP contribution is -2.32. The molecule has 186 valence electrons. The van der Waals surface area contributed by atoms with Gasteiger partial charge < -0.3 is 10.2 Å². The maximum absolute atomic E-state index is 13.6. The summed E-state index contributed by atoms with van der Waals surface area (Å²) in [5.41, 5.74) is 4.65. The number of benzene rings is 4. The van der Waals surface area contributed by atoms with Gasteiger partial charge in [-0.05, 0) is 72.2 Å². The molecule has 0 bridgehead atoms. The van der Waals surface area contributed by atoms with Crippen molar-refractivity contribution < 1.29 is 9.59 Å². The second kappa shape index (κ2) is 11.7. The van der Waals surface area contributed by atoms with Crippen molar-refractivity contribution in [1.29, 1.82) is 0 Å². The number of fused-ring (bicyclic) bond motifs is 1. The summed E-state index contributed by atoms with van der Waals surface area (Å²) in [6.45, 7) is 0.663. The van der Waals surface area contributed by atoms with Crippen LogP contribution in [0.15, 0.2) is 108 Å². The van der Waals surface area contributed by atoms with Gasteiger partial charge in [-0.1, -0.05) is 60.7 Å². The van der Waals surface area contributed by atoms with Crippen LogP contribution in [0.1, 0.15) is 33.6 Å². The van der Waals surface area contributed by atoms with Crippen LogP contribution >= 0.6 is 24.4 Å². The van der Waals surface area contributed by atoms with E-state index in [9.17, 15) is 9.59 Å². The van der Waals surface area contributed by atoms with Gasteiger partial charge in [-0.3, -0.25) is 9.59 Å². The third-order valence-corrected chi connectivity index (χ3v) is 8.13. The Labute approximate surface area is 227 Å². The Hall–Kier alpha value is -3.48. The maximum Gasteiger partial charge on any atom is 0.258 e. The van der Waals surface area contributed by atoms with Crippen molar-refractivity contribution in [2.45, 2.75) is 23.0 Å². The highest BCUT2D eigenvalue weighted by Gasteiger charge is 2.26. The second-order valence-electron chi connectivity index (χ2n) is 8.91. The van der Waals surface area contributed by atoms with Crippen LogP contribution in [0.2, 0.25) is 0 Å². The number of nitrogens with zero attached hydrogens (tertiary/aromatic N) is 1. The minimum Gasteiger partial charge on any atom is -0.322 e. The van der Waals surface area contributed by atoms with Gasteiger partial charge >= 0.3 is 0 Å². The van der Waals surface area contributed by atoms with Crippen molar-refractivity contribution in [2.75, 3.05) is 22.5 Å². The molecule has 1 atom stereocenters. The third kappa shape index (κ3) is 5.76. The Balaban J connectivity index is 1.33. The summed E-state index contributed by atoms with van der Waals surface area (Å²) >= 11 is 6.25. The van der Waals surface area contributed by atoms with E-state index in [4.69, 9.17) is 0 Å². The molecule has 4 nitrogen and oxygen atoms in total. The number of carbonyl (C=O) groups is 2. The van der Waals surface area contributed by atoms with Crippen LogP contribution in [0.3, 0.4) is 0 Å². The molecule has 2 amide bonds. The predicted molar refractivity (Wildman–Crippen MR) is 157 cm³/mol. The molecule has 0 radical (unpaired) electrons. The summed E-state index contributed by atoms with van der Waals surface area (Å²) in [4.78, 5) is 29.7. The van der Waals surface area contributed by atoms with Crippen molar-refractivity contribution in [3.05, 3.63) is 114 Å². The van der Waals surface area contributed by atoms with Gasteiger partial charge in [0.1, 0.15) is 0 Å². The standard InChI is InChI=1S/C31H28N2O2S2/c34-30(27-11-5-4-10-26(27)22-8-2-1-3-9-22)32-24-16-14-23(15-17-24)31(35)33-20-18-25(19-21-36)37-29-13-7-6-12-28(29)33/h1-17,25,36H,18-21H2,(H,32,34). The van der Waals surface area contributed by atoms with Gasteiger partial charge in [0.25, 0.3) is 11.8 Å². The lowest BCUT2D eigenvalue weighted by atomic mass is 9.99. The number of hydrogen-bond donors (Lipinski definition) is 2. The highest BCUT2D eigenvalue weighted by molar-refractivity contribution is 8.00. The van der Waals surface area contributed by atoms with Crippen molar-refractivity contribution in [3.63, 3.8) is 0 Å². The number of carbonyl (C=O) groups excluding carboxylic acids is 2. The van der Waals surface area contributed by atoms with E-state index in [1.165, 1.54) is 0 Å². The molecule has 4 aromatic rings. The highest BCUT2D eigenvalue weighted by Crippen LogP contribution is 2.39. The van der Waals surface area contributed by atoms with Gasteiger partial charge in [0.05, 0.1) is 5.69 Å². The Kier molecular flexibility index (Phi) is 7.97. The third-order valence-electron chi connectivity index (χ3n) is 6.47. The summed E-state index contributed by atoms with van der Waals surface area (Å²) in [7, 11) is 0. The molecule has 0 fully saturated rings. The zero-order chi connectivity index (χ0) is 25.6. The number of thiol groups is 1. The van der Waals surface area contributed by atoms with E-state index in [0.29, 0.717) is 28.6 Å². The highest BCUT2D eigenvalue weighted by atomic mass is 32.2. The topological polar surface area (TPSA) is 49.4 Å². The first kappa shape index (κ1) is 25.2. The van der Waals surface area contributed by atoms with Gasteiger partial charge in [-0.2, -0.15) is 12.6 Å². The van der Waals surface area contributed by atoms with Crippen molar-refractivity contribution >= 4 is 47.6 Å². The summed E-state index contributed by atoms with van der Waals surface area (Å²) in [5.74, 6) is 0.607. The average Bonchev–Trinajstić information content (AvgIpc) is 3.13. The Morgan fingerprint density at radius 1 is 0.865 bits per heavy atom. The summed E-state index contributed by atoms with van der Waals surface area (Å²) in [6, 6.07) is 32.7. The van der Waals surface area contributed by atoms with E-state index in [0.717, 1.165) is 40.3 Å². The Bertz CT molecular complexity index is 1390. The van der Waals surface area contributed by atoms with Gasteiger partial charge in [-0.15, -0.1) is 11.8 Å². The molecule has 0 saturated heterocycles. The normalized spacial score (nSPS) is 14.9. The van der Waals surface area contributed by atoms with Gasteiger partial charge in [0.15, 0.2) is 0 Å². The predicted octanol–water partition coefficient (Wildman–Crippen LogP) is 7.44. The first-order valence-corrected chi connectivity index (χ1v) is 13.9. The number of hydrogen-bond acceptors (Lipinski definition) is 4. The molecule has 1 heterocycles. The smallest absolute Gasteiger partial charge is 0.258 e. The van der Waals surface area contributed by atoms with Crippen LogP contribution < -0.4 is 10.2 Å². The number of thioether (sulfide) groups is 1. The molecule has 0 aromatic heterocycles. The van der Waals surface area contributed by atoms with E-state index < -0.39 is 0 Å². The molecule has 1 aliphatic heterocycles. The first-order chi connectivity index (χ1) is 18.1. The lowest BCUT2D eigenvalue weighted by Gasteiger charge is -2.22. The average molecular weight is 525 g/mol. The fourth-order valence-electron chi connectivity index (χ4n) is 4.57. The van der Waals surface area contributed by atoms with E-state index in [-0.39, 0.29) is 11.8 Å². The Morgan fingerprint density at radius 3 is 2.35 bits per heavy atom. The summed E-state index contributed by atoms with van der Waals surface area (Å²) in [5, 5.41) is 3.42. The molecule has 4 aromatic carbocycles. The number of amides is 2. The molecule has 0 saturated carbocycles. The van der Waals surface area contributed by atoms with Crippen LogP contribution in [0.25, 0.3) is 11.1 Å². The van der Waals surface area contributed by atoms with Gasteiger partial charge in [0.2, 0.25) is 0 Å². The fraction of sp³-hybridized carbons (Fsp3) is 0.161. The zero-order valence-corrected chi connectivity index (χ0v) is 22.1. The summed E-state index contributed by atoms with van der Waals surface area (Å²) < 4.78 is 0. The fourth-order valence-corrected chi connectivity index (χ4v) is 6.33. The largest absolute Gasteiger partial charge is 0.322 e. The molecular formula is C31H28N2O2S2. The molecule has 1 unspecified atom stereocenters. The number of anilines is 2. The van der Waals surface area contributed by atoms with Gasteiger partial charge in [-0.25, -0.2) is 0 Å². The second-order valence-corrected chi connectivity index (χ2v) is 10.7. The molecule has 5 rings (SSSR count). The van der Waals surface area contributed by atoms with Crippen LogP contribution in [-0.4, -0.2) is 29.4 Å². The van der Waals surface area contributed by atoms with E-state index in [1.54, 1.807) is 24.3 Å². The molecule has 1 N–H and O–H groups in total. The molecule has 0 aliphatic carbocycles. The molecule has 6 heteroatoms. The Morgan fingerprint density at radius 2 is 1.57 bits per heavy atom.